The third-order valence-electron chi connectivity index (χ3n) is 7.62. The fourth-order valence-electron chi connectivity index (χ4n) is 5.06. The number of hydrazone groups is 1. The van der Waals surface area contributed by atoms with Crippen molar-refractivity contribution < 1.29 is 4.79 Å². The molecule has 0 aromatic heterocycles. The molecule has 1 heterocycles. The highest BCUT2D eigenvalue weighted by molar-refractivity contribution is 5.99. The van der Waals surface area contributed by atoms with E-state index in [0.717, 1.165) is 11.3 Å². The van der Waals surface area contributed by atoms with E-state index in [9.17, 15) is 4.79 Å². The molecule has 0 spiro atoms. The number of urea groups is 1. The maximum absolute atomic E-state index is 13.2. The van der Waals surface area contributed by atoms with Gasteiger partial charge in [0.1, 0.15) is 0 Å². The Labute approximate surface area is 180 Å². The SMILES string of the molecule is CC(C)(NC(=O)N1CC(c2ccccc2)C(C2C(C)(C)C2(C)C)=N1)c1ccccc1. The fourth-order valence-corrected chi connectivity index (χ4v) is 5.06. The molecule has 0 radical (unpaired) electrons. The number of carbonyl (C=O) groups excluding carboxylic acids is 1. The molecular formula is C26H33N3O. The highest BCUT2D eigenvalue weighted by atomic mass is 16.2. The van der Waals surface area contributed by atoms with Gasteiger partial charge in [0.15, 0.2) is 0 Å². The van der Waals surface area contributed by atoms with Crippen molar-refractivity contribution in [1.29, 1.82) is 0 Å². The van der Waals surface area contributed by atoms with E-state index >= 15 is 0 Å². The van der Waals surface area contributed by atoms with Crippen LogP contribution in [0.15, 0.2) is 65.8 Å². The summed E-state index contributed by atoms with van der Waals surface area (Å²) in [4.78, 5) is 13.2. The first-order chi connectivity index (χ1) is 14.1. The van der Waals surface area contributed by atoms with Gasteiger partial charge < -0.3 is 5.32 Å². The minimum absolute atomic E-state index is 0.142. The van der Waals surface area contributed by atoms with Gasteiger partial charge in [-0.3, -0.25) is 0 Å². The van der Waals surface area contributed by atoms with Gasteiger partial charge in [0.25, 0.3) is 0 Å². The Morgan fingerprint density at radius 3 is 2.03 bits per heavy atom. The summed E-state index contributed by atoms with van der Waals surface area (Å²) in [7, 11) is 0. The maximum Gasteiger partial charge on any atom is 0.338 e. The number of hydrogen-bond donors (Lipinski definition) is 1. The first-order valence-electron chi connectivity index (χ1n) is 10.8. The predicted octanol–water partition coefficient (Wildman–Crippen LogP) is 5.77. The molecule has 2 aromatic rings. The third-order valence-corrected chi connectivity index (χ3v) is 7.62. The molecule has 0 saturated heterocycles. The van der Waals surface area contributed by atoms with Gasteiger partial charge in [-0.1, -0.05) is 88.4 Å². The number of benzene rings is 2. The van der Waals surface area contributed by atoms with E-state index in [0.29, 0.717) is 12.5 Å². The number of amides is 2. The molecule has 1 fully saturated rings. The fraction of sp³-hybridized carbons (Fsp3) is 0.462. The summed E-state index contributed by atoms with van der Waals surface area (Å²) in [6.07, 6.45) is 0. The first-order valence-corrected chi connectivity index (χ1v) is 10.8. The van der Waals surface area contributed by atoms with Crippen LogP contribution in [0.4, 0.5) is 4.79 Å². The lowest BCUT2D eigenvalue weighted by atomic mass is 9.89. The molecule has 2 amide bonds. The first kappa shape index (κ1) is 20.6. The van der Waals surface area contributed by atoms with Crippen molar-refractivity contribution in [3.05, 3.63) is 71.8 Å². The zero-order valence-corrected chi connectivity index (χ0v) is 18.9. The summed E-state index contributed by atoms with van der Waals surface area (Å²) in [5.74, 6) is 0.512. The average molecular weight is 404 g/mol. The van der Waals surface area contributed by atoms with E-state index in [2.05, 4.69) is 57.3 Å². The Hall–Kier alpha value is -2.62. The van der Waals surface area contributed by atoms with E-state index in [-0.39, 0.29) is 22.8 Å². The largest absolute Gasteiger partial charge is 0.338 e. The van der Waals surface area contributed by atoms with Gasteiger partial charge in [-0.05, 0) is 35.8 Å². The molecule has 4 rings (SSSR count). The second kappa shape index (κ2) is 6.97. The van der Waals surface area contributed by atoms with E-state index in [1.165, 1.54) is 5.56 Å². The van der Waals surface area contributed by atoms with Gasteiger partial charge in [-0.15, -0.1) is 0 Å². The quantitative estimate of drug-likeness (QED) is 0.692. The van der Waals surface area contributed by atoms with Gasteiger partial charge in [0.05, 0.1) is 17.8 Å². The Balaban J connectivity index is 1.61. The summed E-state index contributed by atoms with van der Waals surface area (Å²) in [6.45, 7) is 13.9. The van der Waals surface area contributed by atoms with Crippen LogP contribution in [-0.4, -0.2) is 23.3 Å². The molecule has 1 saturated carbocycles. The van der Waals surface area contributed by atoms with Crippen molar-refractivity contribution >= 4 is 11.7 Å². The topological polar surface area (TPSA) is 44.7 Å². The zero-order valence-electron chi connectivity index (χ0n) is 18.9. The number of carbonyl (C=O) groups is 1. The standard InChI is InChI=1S/C26H33N3O/c1-24(2)22(25(24,3)4)21-20(18-13-9-7-10-14-18)17-29(28-21)23(30)27-26(5,6)19-15-11-8-12-16-19/h7-16,20,22H,17H2,1-6H3,(H,27,30). The van der Waals surface area contributed by atoms with Gasteiger partial charge in [0.2, 0.25) is 0 Å². The summed E-state index contributed by atoms with van der Waals surface area (Å²) >= 11 is 0. The minimum Gasteiger partial charge on any atom is -0.328 e. The molecule has 1 unspecified atom stereocenters. The molecule has 4 nitrogen and oxygen atoms in total. The molecule has 1 N–H and O–H groups in total. The Morgan fingerprint density at radius 1 is 0.967 bits per heavy atom. The van der Waals surface area contributed by atoms with Crippen LogP contribution in [0, 0.1) is 16.7 Å². The number of nitrogens with zero attached hydrogens (tertiary/aromatic N) is 2. The minimum atomic E-state index is -0.475. The third kappa shape index (κ3) is 3.32. The lowest BCUT2D eigenvalue weighted by Gasteiger charge is -2.28. The molecular weight excluding hydrogens is 370 g/mol. The molecule has 2 aromatic carbocycles. The van der Waals surface area contributed by atoms with Crippen LogP contribution in [0.3, 0.4) is 0 Å². The van der Waals surface area contributed by atoms with Crippen molar-refractivity contribution in [1.82, 2.24) is 10.3 Å². The molecule has 2 aliphatic rings. The summed E-state index contributed by atoms with van der Waals surface area (Å²) in [6, 6.07) is 20.4. The average Bonchev–Trinajstić information content (AvgIpc) is 3.00. The monoisotopic (exact) mass is 403 g/mol. The van der Waals surface area contributed by atoms with E-state index in [4.69, 9.17) is 5.10 Å². The van der Waals surface area contributed by atoms with Gasteiger partial charge in [-0.25, -0.2) is 9.80 Å². The Kier molecular flexibility index (Phi) is 4.80. The zero-order chi connectivity index (χ0) is 21.7. The molecule has 0 bridgehead atoms. The van der Waals surface area contributed by atoms with Crippen molar-refractivity contribution in [2.75, 3.05) is 6.54 Å². The van der Waals surface area contributed by atoms with Crippen molar-refractivity contribution in [2.24, 2.45) is 21.8 Å². The van der Waals surface area contributed by atoms with E-state index in [1.807, 2.05) is 50.2 Å². The van der Waals surface area contributed by atoms with Crippen LogP contribution in [0.2, 0.25) is 0 Å². The molecule has 1 aliphatic carbocycles. The van der Waals surface area contributed by atoms with Crippen LogP contribution in [0.5, 0.6) is 0 Å². The summed E-state index contributed by atoms with van der Waals surface area (Å²) in [5.41, 5.74) is 3.32. The summed E-state index contributed by atoms with van der Waals surface area (Å²) in [5, 5.41) is 9.74. The van der Waals surface area contributed by atoms with Crippen molar-refractivity contribution in [3.8, 4) is 0 Å². The second-order valence-electron chi connectivity index (χ2n) is 10.4. The molecule has 30 heavy (non-hydrogen) atoms. The summed E-state index contributed by atoms with van der Waals surface area (Å²) < 4.78 is 0. The van der Waals surface area contributed by atoms with Gasteiger partial charge in [-0.2, -0.15) is 5.10 Å². The number of rotatable bonds is 4. The molecule has 158 valence electrons. The lowest BCUT2D eigenvalue weighted by Crippen LogP contribution is -2.46. The lowest BCUT2D eigenvalue weighted by molar-refractivity contribution is 0.192. The van der Waals surface area contributed by atoms with Crippen LogP contribution in [0.1, 0.15) is 58.6 Å². The highest BCUT2D eigenvalue weighted by Crippen LogP contribution is 2.70. The molecule has 1 aliphatic heterocycles. The highest BCUT2D eigenvalue weighted by Gasteiger charge is 2.68. The molecule has 4 heteroatoms. The number of nitrogens with one attached hydrogen (secondary N) is 1. The molecule has 1 atom stereocenters. The Bertz CT molecular complexity index is 946. The van der Waals surface area contributed by atoms with Crippen LogP contribution in [-0.2, 0) is 5.54 Å². The van der Waals surface area contributed by atoms with Crippen molar-refractivity contribution in [3.63, 3.8) is 0 Å². The van der Waals surface area contributed by atoms with Crippen LogP contribution >= 0.6 is 0 Å². The maximum atomic E-state index is 13.2. The predicted molar refractivity (Wildman–Crippen MR) is 122 cm³/mol. The van der Waals surface area contributed by atoms with E-state index in [1.54, 1.807) is 5.01 Å². The van der Waals surface area contributed by atoms with Crippen LogP contribution in [0.25, 0.3) is 0 Å². The van der Waals surface area contributed by atoms with Crippen molar-refractivity contribution in [2.45, 2.75) is 53.0 Å². The van der Waals surface area contributed by atoms with Gasteiger partial charge >= 0.3 is 6.03 Å². The smallest absolute Gasteiger partial charge is 0.328 e. The number of hydrogen-bond acceptors (Lipinski definition) is 2. The van der Waals surface area contributed by atoms with E-state index < -0.39 is 5.54 Å². The van der Waals surface area contributed by atoms with Gasteiger partial charge in [0, 0.05) is 11.8 Å². The second-order valence-corrected chi connectivity index (χ2v) is 10.4. The Morgan fingerprint density at radius 2 is 1.50 bits per heavy atom. The normalized spacial score (nSPS) is 22.5. The van der Waals surface area contributed by atoms with Crippen LogP contribution < -0.4 is 5.32 Å².